The van der Waals surface area contributed by atoms with Crippen LogP contribution in [0.25, 0.3) is 21.7 Å². The Balaban J connectivity index is 1.50. The summed E-state index contributed by atoms with van der Waals surface area (Å²) in [6.45, 7) is 1.28. The van der Waals surface area contributed by atoms with E-state index in [0.29, 0.717) is 23.2 Å². The Labute approximate surface area is 213 Å². The number of nitrogens with zero attached hydrogens (tertiary/aromatic N) is 1. The lowest BCUT2D eigenvalue weighted by atomic mass is 9.84. The number of ether oxygens (including phenoxy) is 2. The van der Waals surface area contributed by atoms with Crippen LogP contribution in [-0.4, -0.2) is 74.8 Å². The molecular weight excluding hydrogens is 476 g/mol. The Morgan fingerprint density at radius 3 is 2.57 bits per heavy atom. The molecular formula is C28H30N2O7. The molecule has 194 valence electrons. The van der Waals surface area contributed by atoms with Gasteiger partial charge in [0.15, 0.2) is 6.29 Å². The zero-order valence-corrected chi connectivity index (χ0v) is 20.5. The van der Waals surface area contributed by atoms with Crippen molar-refractivity contribution in [3.8, 4) is 5.75 Å². The van der Waals surface area contributed by atoms with Crippen molar-refractivity contribution < 1.29 is 34.7 Å². The van der Waals surface area contributed by atoms with Gasteiger partial charge < -0.3 is 39.8 Å². The predicted molar refractivity (Wildman–Crippen MR) is 137 cm³/mol. The average molecular weight is 507 g/mol. The van der Waals surface area contributed by atoms with Crippen molar-refractivity contribution in [3.63, 3.8) is 0 Å². The van der Waals surface area contributed by atoms with Crippen LogP contribution in [0.5, 0.6) is 5.75 Å². The maximum Gasteiger partial charge on any atom is 0.254 e. The van der Waals surface area contributed by atoms with Gasteiger partial charge in [0.2, 0.25) is 0 Å². The number of aliphatic hydroxyl groups is 4. The summed E-state index contributed by atoms with van der Waals surface area (Å²) in [4.78, 5) is 13.5. The van der Waals surface area contributed by atoms with Crippen LogP contribution in [0.1, 0.15) is 22.8 Å². The van der Waals surface area contributed by atoms with Crippen LogP contribution < -0.4 is 10.1 Å². The van der Waals surface area contributed by atoms with Crippen LogP contribution in [0.15, 0.2) is 66.9 Å². The highest BCUT2D eigenvalue weighted by Gasteiger charge is 2.53. The van der Waals surface area contributed by atoms with Gasteiger partial charge in [0.05, 0.1) is 24.8 Å². The molecule has 2 heterocycles. The smallest absolute Gasteiger partial charge is 0.254 e. The molecule has 37 heavy (non-hydrogen) atoms. The van der Waals surface area contributed by atoms with Gasteiger partial charge >= 0.3 is 0 Å². The normalized spacial score (nSPS) is 25.9. The summed E-state index contributed by atoms with van der Waals surface area (Å²) < 4.78 is 12.6. The van der Waals surface area contributed by atoms with E-state index in [1.807, 2.05) is 34.9 Å². The minimum Gasteiger partial charge on any atom is -0.497 e. The lowest BCUT2D eigenvalue weighted by molar-refractivity contribution is -0.278. The summed E-state index contributed by atoms with van der Waals surface area (Å²) in [5.74, 6) is 0.0697. The van der Waals surface area contributed by atoms with Gasteiger partial charge in [-0.15, -0.1) is 0 Å². The topological polar surface area (TPSA) is 133 Å². The maximum atomic E-state index is 13.5. The van der Waals surface area contributed by atoms with E-state index >= 15 is 0 Å². The Hall–Kier alpha value is -3.47. The molecule has 9 nitrogen and oxygen atoms in total. The molecule has 5 N–H and O–H groups in total. The Morgan fingerprint density at radius 2 is 1.84 bits per heavy atom. The first kappa shape index (κ1) is 25.2. The van der Waals surface area contributed by atoms with Crippen molar-refractivity contribution in [2.24, 2.45) is 0 Å². The highest BCUT2D eigenvalue weighted by atomic mass is 16.6. The highest BCUT2D eigenvalue weighted by molar-refractivity contribution is 6.07. The second-order valence-corrected chi connectivity index (χ2v) is 9.62. The monoisotopic (exact) mass is 506 g/mol. The van der Waals surface area contributed by atoms with Crippen LogP contribution in [0.3, 0.4) is 0 Å². The fourth-order valence-corrected chi connectivity index (χ4v) is 4.93. The molecule has 5 rings (SSSR count). The summed E-state index contributed by atoms with van der Waals surface area (Å²) in [7, 11) is 1.57. The lowest BCUT2D eigenvalue weighted by Gasteiger charge is -2.47. The van der Waals surface area contributed by atoms with E-state index in [4.69, 9.17) is 9.47 Å². The quantitative estimate of drug-likeness (QED) is 0.269. The number of aromatic nitrogens is 1. The molecule has 0 aliphatic carbocycles. The van der Waals surface area contributed by atoms with E-state index in [2.05, 4.69) is 23.5 Å². The van der Waals surface area contributed by atoms with Crippen molar-refractivity contribution in [1.82, 2.24) is 9.88 Å². The number of carbonyl (C=O) groups excluding carboxylic acids is 1. The number of hydrogen-bond acceptors (Lipinski definition) is 7. The number of benzene rings is 3. The first-order valence-corrected chi connectivity index (χ1v) is 12.0. The fraction of sp³-hybridized carbons (Fsp3) is 0.321. The molecule has 1 saturated heterocycles. The van der Waals surface area contributed by atoms with Crippen LogP contribution in [-0.2, 0) is 11.3 Å². The number of fused-ring (bicyclic) bond motifs is 2. The third kappa shape index (κ3) is 4.45. The second-order valence-electron chi connectivity index (χ2n) is 9.62. The molecule has 0 bridgehead atoms. The van der Waals surface area contributed by atoms with E-state index in [1.54, 1.807) is 25.4 Å². The van der Waals surface area contributed by atoms with Crippen LogP contribution in [0, 0.1) is 0 Å². The van der Waals surface area contributed by atoms with Gasteiger partial charge in [-0.05, 0) is 41.5 Å². The molecule has 1 aromatic heterocycles. The number of methoxy groups -OCH3 is 1. The predicted octanol–water partition coefficient (Wildman–Crippen LogP) is 1.77. The molecule has 1 amide bonds. The molecule has 3 aromatic carbocycles. The summed E-state index contributed by atoms with van der Waals surface area (Å²) >= 11 is 0. The van der Waals surface area contributed by atoms with Crippen molar-refractivity contribution in [2.45, 2.75) is 43.6 Å². The second kappa shape index (κ2) is 9.77. The van der Waals surface area contributed by atoms with Gasteiger partial charge in [-0.2, -0.15) is 0 Å². The van der Waals surface area contributed by atoms with Gasteiger partial charge in [-0.1, -0.05) is 36.4 Å². The Bertz CT molecular complexity index is 1450. The molecule has 5 atom stereocenters. The van der Waals surface area contributed by atoms with E-state index < -0.39 is 42.7 Å². The number of nitrogens with one attached hydrogen (secondary N) is 1. The van der Waals surface area contributed by atoms with Gasteiger partial charge in [-0.25, -0.2) is 0 Å². The summed E-state index contributed by atoms with van der Waals surface area (Å²) in [5.41, 5.74) is 0.408. The summed E-state index contributed by atoms with van der Waals surface area (Å²) in [6.07, 6.45) is -4.20. The average Bonchev–Trinajstić information content (AvgIpc) is 3.27. The first-order valence-electron chi connectivity index (χ1n) is 12.0. The highest BCUT2D eigenvalue weighted by Crippen LogP contribution is 2.31. The van der Waals surface area contributed by atoms with Gasteiger partial charge in [0.25, 0.3) is 5.91 Å². The molecule has 1 aliphatic rings. The molecule has 1 aliphatic heterocycles. The number of rotatable bonds is 6. The summed E-state index contributed by atoms with van der Waals surface area (Å²) in [5, 5.41) is 46.5. The maximum absolute atomic E-state index is 13.5. The molecule has 1 fully saturated rings. The van der Waals surface area contributed by atoms with Crippen LogP contribution in [0.2, 0.25) is 0 Å². The first-order chi connectivity index (χ1) is 17.7. The summed E-state index contributed by atoms with van der Waals surface area (Å²) in [6, 6.07) is 19.7. The van der Waals surface area contributed by atoms with E-state index in [0.717, 1.165) is 21.9 Å². The number of carbonyl (C=O) groups is 1. The minimum absolute atomic E-state index is 0.317. The van der Waals surface area contributed by atoms with Gasteiger partial charge in [0.1, 0.15) is 29.6 Å². The zero-order valence-electron chi connectivity index (χ0n) is 20.5. The lowest BCUT2D eigenvalue weighted by Crippen LogP contribution is -2.71. The molecule has 9 heteroatoms. The molecule has 0 saturated carbocycles. The number of aliphatic hydroxyl groups excluding tert-OH is 4. The molecule has 0 radical (unpaired) electrons. The SMILES string of the molecule is COc1ccc2c(C(=O)N[C@@]3(C)C(O)O[C@H](CO)[C@@H](O)[C@@H]3O)cn(Cc3ccc4ccccc4c3)c2c1. The van der Waals surface area contributed by atoms with Crippen LogP contribution >= 0.6 is 0 Å². The third-order valence-electron chi connectivity index (χ3n) is 7.20. The van der Waals surface area contributed by atoms with Crippen molar-refractivity contribution in [1.29, 1.82) is 0 Å². The standard InChI is InChI=1S/C28H30N2O7/c1-28(25(33)24(32)23(15-31)37-27(28)35)29-26(34)21-14-30(22-12-19(36-2)9-10-20(21)22)13-16-7-8-17-5-3-4-6-18(17)11-16/h3-12,14,23-25,27,31-33,35H,13,15H2,1-2H3,(H,29,34)/t23-,24-,25+,27?,28-/m1/s1. The zero-order chi connectivity index (χ0) is 26.3. The number of amides is 1. The van der Waals surface area contributed by atoms with E-state index in [1.165, 1.54) is 6.92 Å². The Morgan fingerprint density at radius 1 is 1.08 bits per heavy atom. The van der Waals surface area contributed by atoms with E-state index in [9.17, 15) is 25.2 Å². The number of hydrogen-bond donors (Lipinski definition) is 5. The van der Waals surface area contributed by atoms with Crippen molar-refractivity contribution in [2.75, 3.05) is 13.7 Å². The van der Waals surface area contributed by atoms with Gasteiger partial charge in [-0.3, -0.25) is 4.79 Å². The van der Waals surface area contributed by atoms with Crippen molar-refractivity contribution in [3.05, 3.63) is 78.0 Å². The molecule has 0 spiro atoms. The van der Waals surface area contributed by atoms with Gasteiger partial charge in [0, 0.05) is 24.2 Å². The third-order valence-corrected chi connectivity index (χ3v) is 7.20. The van der Waals surface area contributed by atoms with Crippen LogP contribution in [0.4, 0.5) is 0 Å². The van der Waals surface area contributed by atoms with E-state index in [-0.39, 0.29) is 0 Å². The van der Waals surface area contributed by atoms with Crippen molar-refractivity contribution >= 4 is 27.6 Å². The largest absolute Gasteiger partial charge is 0.497 e. The fourth-order valence-electron chi connectivity index (χ4n) is 4.93. The minimum atomic E-state index is -1.72. The molecule has 4 aromatic rings. The Kier molecular flexibility index (Phi) is 6.65. The molecule has 1 unspecified atom stereocenters.